The van der Waals surface area contributed by atoms with Crippen molar-refractivity contribution in [3.8, 4) is 5.75 Å². The van der Waals surface area contributed by atoms with Gasteiger partial charge in [0, 0.05) is 31.2 Å². The molecule has 0 unspecified atom stereocenters. The highest BCUT2D eigenvalue weighted by molar-refractivity contribution is 6.39. The molecule has 3 rings (SSSR count). The third kappa shape index (κ3) is 5.18. The number of anilines is 1. The molecule has 31 heavy (non-hydrogen) atoms. The Bertz CT molecular complexity index is 968. The number of ether oxygens (including phenoxy) is 2. The molecule has 9 nitrogen and oxygen atoms in total. The van der Waals surface area contributed by atoms with Gasteiger partial charge in [-0.1, -0.05) is 18.2 Å². The van der Waals surface area contributed by atoms with Gasteiger partial charge in [0.2, 0.25) is 0 Å². The second-order valence-corrected chi connectivity index (χ2v) is 7.54. The van der Waals surface area contributed by atoms with Crippen molar-refractivity contribution in [2.75, 3.05) is 32.2 Å². The third-order valence-corrected chi connectivity index (χ3v) is 5.54. The van der Waals surface area contributed by atoms with Crippen LogP contribution in [-0.2, 0) is 19.7 Å². The van der Waals surface area contributed by atoms with Crippen molar-refractivity contribution in [3.05, 3.63) is 63.7 Å². The molecule has 2 N–H and O–H groups in total. The van der Waals surface area contributed by atoms with Crippen LogP contribution in [0, 0.1) is 17.0 Å². The standard InChI is InChI=1S/C22H25N3O6/c1-15-3-8-18(19(13-15)25(28)29)24-21(27)20(26)23-14-22(9-11-31-12-10-22)16-4-6-17(30-2)7-5-16/h3-8,13H,9-12,14H2,1-2H3,(H,23,26)(H,24,27). The summed E-state index contributed by atoms with van der Waals surface area (Å²) in [6, 6.07) is 12.0. The van der Waals surface area contributed by atoms with Gasteiger partial charge in [-0.2, -0.15) is 0 Å². The fourth-order valence-electron chi connectivity index (χ4n) is 3.68. The predicted molar refractivity (Wildman–Crippen MR) is 114 cm³/mol. The Morgan fingerprint density at radius 2 is 1.81 bits per heavy atom. The first-order valence-electron chi connectivity index (χ1n) is 9.91. The van der Waals surface area contributed by atoms with E-state index in [2.05, 4.69) is 10.6 Å². The topological polar surface area (TPSA) is 120 Å². The maximum atomic E-state index is 12.5. The van der Waals surface area contributed by atoms with Gasteiger partial charge >= 0.3 is 11.8 Å². The number of carbonyl (C=O) groups excluding carboxylic acids is 2. The first-order valence-corrected chi connectivity index (χ1v) is 9.91. The Hall–Kier alpha value is -3.46. The van der Waals surface area contributed by atoms with Crippen LogP contribution < -0.4 is 15.4 Å². The van der Waals surface area contributed by atoms with Crippen molar-refractivity contribution in [1.82, 2.24) is 5.32 Å². The largest absolute Gasteiger partial charge is 0.497 e. The van der Waals surface area contributed by atoms with Crippen molar-refractivity contribution >= 4 is 23.2 Å². The monoisotopic (exact) mass is 427 g/mol. The SMILES string of the molecule is COc1ccc(C2(CNC(=O)C(=O)Nc3ccc(C)cc3[N+](=O)[O-])CCOCC2)cc1. The van der Waals surface area contributed by atoms with E-state index < -0.39 is 16.7 Å². The van der Waals surface area contributed by atoms with Gasteiger partial charge < -0.3 is 20.1 Å². The first-order chi connectivity index (χ1) is 14.8. The predicted octanol–water partition coefficient (Wildman–Crippen LogP) is 2.71. The molecule has 9 heteroatoms. The molecule has 0 saturated carbocycles. The fraction of sp³-hybridized carbons (Fsp3) is 0.364. The van der Waals surface area contributed by atoms with Gasteiger partial charge in [-0.25, -0.2) is 0 Å². The number of methoxy groups -OCH3 is 1. The van der Waals surface area contributed by atoms with Gasteiger partial charge in [0.1, 0.15) is 11.4 Å². The first kappa shape index (κ1) is 22.2. The second-order valence-electron chi connectivity index (χ2n) is 7.54. The number of nitro groups is 1. The van der Waals surface area contributed by atoms with Gasteiger partial charge in [0.25, 0.3) is 5.69 Å². The summed E-state index contributed by atoms with van der Waals surface area (Å²) in [5.74, 6) is -1.08. The van der Waals surface area contributed by atoms with Crippen LogP contribution in [0.4, 0.5) is 11.4 Å². The van der Waals surface area contributed by atoms with E-state index in [1.54, 1.807) is 20.1 Å². The van der Waals surface area contributed by atoms with Crippen LogP contribution in [0.3, 0.4) is 0 Å². The number of rotatable bonds is 6. The zero-order chi connectivity index (χ0) is 22.4. The van der Waals surface area contributed by atoms with Crippen molar-refractivity contribution in [2.45, 2.75) is 25.2 Å². The summed E-state index contributed by atoms with van der Waals surface area (Å²) in [7, 11) is 1.59. The molecule has 1 aliphatic rings. The molecule has 2 amide bonds. The average molecular weight is 427 g/mol. The quantitative estimate of drug-likeness (QED) is 0.416. The Kier molecular flexibility index (Phi) is 6.86. The number of hydrogen-bond donors (Lipinski definition) is 2. The van der Waals surface area contributed by atoms with Crippen LogP contribution in [0.1, 0.15) is 24.0 Å². The number of benzene rings is 2. The number of aryl methyl sites for hydroxylation is 1. The molecule has 1 aliphatic heterocycles. The molecule has 0 aromatic heterocycles. The van der Waals surface area contributed by atoms with Crippen LogP contribution >= 0.6 is 0 Å². The van der Waals surface area contributed by atoms with Gasteiger partial charge in [0.05, 0.1) is 12.0 Å². The highest BCUT2D eigenvalue weighted by atomic mass is 16.6. The van der Waals surface area contributed by atoms with E-state index in [1.165, 1.54) is 12.1 Å². The summed E-state index contributed by atoms with van der Waals surface area (Å²) < 4.78 is 10.7. The van der Waals surface area contributed by atoms with E-state index in [9.17, 15) is 19.7 Å². The average Bonchev–Trinajstić information content (AvgIpc) is 2.79. The minimum absolute atomic E-state index is 0.0216. The maximum absolute atomic E-state index is 12.5. The molecule has 0 radical (unpaired) electrons. The van der Waals surface area contributed by atoms with Gasteiger partial charge in [-0.15, -0.1) is 0 Å². The van der Waals surface area contributed by atoms with Crippen molar-refractivity contribution in [2.24, 2.45) is 0 Å². The molecule has 0 spiro atoms. The van der Waals surface area contributed by atoms with Crippen LogP contribution in [-0.4, -0.2) is 43.6 Å². The number of nitrogens with one attached hydrogen (secondary N) is 2. The molecule has 2 aromatic carbocycles. The molecular weight excluding hydrogens is 402 g/mol. The lowest BCUT2D eigenvalue weighted by Crippen LogP contribution is -2.47. The molecule has 0 aliphatic carbocycles. The summed E-state index contributed by atoms with van der Waals surface area (Å²) in [5, 5.41) is 16.3. The second kappa shape index (κ2) is 9.57. The summed E-state index contributed by atoms with van der Waals surface area (Å²) in [6.45, 7) is 3.04. The smallest absolute Gasteiger partial charge is 0.313 e. The number of nitrogens with zero attached hydrogens (tertiary/aromatic N) is 1. The lowest BCUT2D eigenvalue weighted by molar-refractivity contribution is -0.384. The van der Waals surface area contributed by atoms with Crippen LogP contribution in [0.25, 0.3) is 0 Å². The summed E-state index contributed by atoms with van der Waals surface area (Å²) >= 11 is 0. The lowest BCUT2D eigenvalue weighted by Gasteiger charge is -2.38. The summed E-state index contributed by atoms with van der Waals surface area (Å²) in [5.41, 5.74) is 1.03. The molecule has 0 bridgehead atoms. The normalized spacial score (nSPS) is 15.0. The number of nitro benzene ring substituents is 1. The molecule has 2 aromatic rings. The highest BCUT2D eigenvalue weighted by Crippen LogP contribution is 2.35. The molecule has 1 heterocycles. The highest BCUT2D eigenvalue weighted by Gasteiger charge is 2.35. The Morgan fingerprint density at radius 1 is 1.13 bits per heavy atom. The zero-order valence-electron chi connectivity index (χ0n) is 17.5. The van der Waals surface area contributed by atoms with Crippen molar-refractivity contribution in [3.63, 3.8) is 0 Å². The summed E-state index contributed by atoms with van der Waals surface area (Å²) in [4.78, 5) is 35.5. The number of hydrogen-bond acceptors (Lipinski definition) is 6. The van der Waals surface area contributed by atoms with Crippen molar-refractivity contribution in [1.29, 1.82) is 0 Å². The Labute approximate surface area is 179 Å². The van der Waals surface area contributed by atoms with Crippen LogP contribution in [0.15, 0.2) is 42.5 Å². The fourth-order valence-corrected chi connectivity index (χ4v) is 3.68. The van der Waals surface area contributed by atoms with Gasteiger partial charge in [-0.3, -0.25) is 19.7 Å². The molecule has 164 valence electrons. The Balaban J connectivity index is 1.71. The third-order valence-electron chi connectivity index (χ3n) is 5.54. The molecule has 1 fully saturated rings. The summed E-state index contributed by atoms with van der Waals surface area (Å²) in [6.07, 6.45) is 1.37. The lowest BCUT2D eigenvalue weighted by atomic mass is 9.74. The minimum atomic E-state index is -0.955. The van der Waals surface area contributed by atoms with Crippen LogP contribution in [0.2, 0.25) is 0 Å². The number of carbonyl (C=O) groups is 2. The zero-order valence-corrected chi connectivity index (χ0v) is 17.5. The van der Waals surface area contributed by atoms with E-state index >= 15 is 0 Å². The minimum Gasteiger partial charge on any atom is -0.497 e. The molecular formula is C22H25N3O6. The van der Waals surface area contributed by atoms with Gasteiger partial charge in [-0.05, 0) is 49.1 Å². The molecule has 0 atom stereocenters. The Morgan fingerprint density at radius 3 is 2.42 bits per heavy atom. The van der Waals surface area contributed by atoms with Gasteiger partial charge in [0.15, 0.2) is 0 Å². The molecule has 1 saturated heterocycles. The van der Waals surface area contributed by atoms with E-state index in [-0.39, 0.29) is 23.3 Å². The van der Waals surface area contributed by atoms with Crippen molar-refractivity contribution < 1.29 is 24.0 Å². The maximum Gasteiger partial charge on any atom is 0.313 e. The van der Waals surface area contributed by atoms with E-state index in [0.29, 0.717) is 31.6 Å². The van der Waals surface area contributed by atoms with E-state index in [0.717, 1.165) is 11.3 Å². The van der Waals surface area contributed by atoms with E-state index in [1.807, 2.05) is 24.3 Å². The number of amides is 2. The van der Waals surface area contributed by atoms with Crippen LogP contribution in [0.5, 0.6) is 5.75 Å². The van der Waals surface area contributed by atoms with E-state index in [4.69, 9.17) is 9.47 Å².